The van der Waals surface area contributed by atoms with Gasteiger partial charge in [-0.05, 0) is 35.4 Å². The number of amides is 2. The molecular weight excluding hydrogens is 354 g/mol. The molecule has 0 saturated carbocycles. The van der Waals surface area contributed by atoms with E-state index >= 15 is 0 Å². The topological polar surface area (TPSA) is 136 Å². The lowest BCUT2D eigenvalue weighted by Gasteiger charge is -2.22. The minimum atomic E-state index is -1.07. The van der Waals surface area contributed by atoms with Crippen molar-refractivity contribution in [1.29, 1.82) is 0 Å². The van der Waals surface area contributed by atoms with Gasteiger partial charge in [-0.3, -0.25) is 19.7 Å². The number of nitroso groups, excluding NO2 is 1. The number of hydroxylamine groups is 1. The standard InChI is InChI=1S/C18H17N3O6/c22-16(19-26)11-21(10-13-4-2-6-15(8-13)18(24)25)9-12-3-1-5-14(7-12)17(23)20-27/h1-8,26H,9-11H2,(H,19,22)(H,24,25). The third-order valence-corrected chi connectivity index (χ3v) is 3.74. The molecule has 0 aliphatic carbocycles. The summed E-state index contributed by atoms with van der Waals surface area (Å²) < 4.78 is 0. The largest absolute Gasteiger partial charge is 0.478 e. The van der Waals surface area contributed by atoms with Crippen LogP contribution in [0.3, 0.4) is 0 Å². The van der Waals surface area contributed by atoms with Crippen LogP contribution in [0.2, 0.25) is 0 Å². The Kier molecular flexibility index (Phi) is 6.86. The van der Waals surface area contributed by atoms with Crippen LogP contribution in [0.5, 0.6) is 0 Å². The second-order valence-electron chi connectivity index (χ2n) is 5.78. The molecule has 0 atom stereocenters. The molecule has 0 spiro atoms. The molecule has 0 aliphatic heterocycles. The van der Waals surface area contributed by atoms with Gasteiger partial charge in [0.2, 0.25) is 0 Å². The SMILES string of the molecule is O=NC(=O)c1cccc(CN(CC(=O)NO)Cc2cccc(C(=O)O)c2)c1. The van der Waals surface area contributed by atoms with Gasteiger partial charge in [0, 0.05) is 23.8 Å². The molecule has 9 nitrogen and oxygen atoms in total. The minimum Gasteiger partial charge on any atom is -0.478 e. The van der Waals surface area contributed by atoms with Crippen molar-refractivity contribution in [2.45, 2.75) is 13.1 Å². The maximum absolute atomic E-state index is 11.6. The molecule has 3 N–H and O–H groups in total. The summed E-state index contributed by atoms with van der Waals surface area (Å²) in [6.45, 7) is 0.265. The number of carboxylic acid groups (broad SMARTS) is 1. The third-order valence-electron chi connectivity index (χ3n) is 3.74. The van der Waals surface area contributed by atoms with Crippen LogP contribution in [0.4, 0.5) is 0 Å². The van der Waals surface area contributed by atoms with E-state index in [1.165, 1.54) is 24.3 Å². The minimum absolute atomic E-state index is 0.115. The molecule has 27 heavy (non-hydrogen) atoms. The van der Waals surface area contributed by atoms with Crippen molar-refractivity contribution in [2.24, 2.45) is 5.18 Å². The van der Waals surface area contributed by atoms with Gasteiger partial charge < -0.3 is 5.11 Å². The van der Waals surface area contributed by atoms with E-state index < -0.39 is 17.8 Å². The van der Waals surface area contributed by atoms with E-state index in [2.05, 4.69) is 5.18 Å². The fourth-order valence-electron chi connectivity index (χ4n) is 2.58. The van der Waals surface area contributed by atoms with Crippen LogP contribution in [0.15, 0.2) is 53.7 Å². The maximum atomic E-state index is 11.6. The summed E-state index contributed by atoms with van der Waals surface area (Å²) in [5, 5.41) is 20.3. The maximum Gasteiger partial charge on any atom is 0.335 e. The zero-order valence-electron chi connectivity index (χ0n) is 14.2. The summed E-state index contributed by atoms with van der Waals surface area (Å²) in [5.74, 6) is -2.61. The highest BCUT2D eigenvalue weighted by molar-refractivity contribution is 5.94. The van der Waals surface area contributed by atoms with Gasteiger partial charge >= 0.3 is 11.9 Å². The number of carboxylic acids is 1. The van der Waals surface area contributed by atoms with E-state index in [1.54, 1.807) is 34.6 Å². The number of carbonyl (C=O) groups is 3. The molecule has 9 heteroatoms. The van der Waals surface area contributed by atoms with Crippen molar-refractivity contribution in [3.63, 3.8) is 0 Å². The highest BCUT2D eigenvalue weighted by Crippen LogP contribution is 2.14. The Morgan fingerprint density at radius 2 is 1.52 bits per heavy atom. The van der Waals surface area contributed by atoms with Crippen LogP contribution in [0.25, 0.3) is 0 Å². The summed E-state index contributed by atoms with van der Waals surface area (Å²) in [5.41, 5.74) is 3.09. The fraction of sp³-hybridized carbons (Fsp3) is 0.167. The Morgan fingerprint density at radius 3 is 2.04 bits per heavy atom. The van der Waals surface area contributed by atoms with Crippen LogP contribution in [-0.4, -0.2) is 39.5 Å². The molecule has 0 fully saturated rings. The highest BCUT2D eigenvalue weighted by atomic mass is 16.5. The first-order valence-corrected chi connectivity index (χ1v) is 7.87. The highest BCUT2D eigenvalue weighted by Gasteiger charge is 2.14. The molecule has 2 rings (SSSR count). The van der Waals surface area contributed by atoms with Crippen molar-refractivity contribution in [3.05, 3.63) is 75.7 Å². The second kappa shape index (κ2) is 9.32. The van der Waals surface area contributed by atoms with Crippen LogP contribution < -0.4 is 5.48 Å². The predicted molar refractivity (Wildman–Crippen MR) is 94.0 cm³/mol. The van der Waals surface area contributed by atoms with Gasteiger partial charge in [0.05, 0.1) is 12.1 Å². The van der Waals surface area contributed by atoms with E-state index in [4.69, 9.17) is 10.3 Å². The smallest absolute Gasteiger partial charge is 0.335 e. The van der Waals surface area contributed by atoms with Gasteiger partial charge in [-0.2, -0.15) is 0 Å². The summed E-state index contributed by atoms with van der Waals surface area (Å²) in [7, 11) is 0. The summed E-state index contributed by atoms with van der Waals surface area (Å²) >= 11 is 0. The molecule has 0 radical (unpaired) electrons. The number of aromatic carboxylic acids is 1. The van der Waals surface area contributed by atoms with E-state index in [0.717, 1.165) is 0 Å². The number of benzene rings is 2. The fourth-order valence-corrected chi connectivity index (χ4v) is 2.58. The van der Waals surface area contributed by atoms with Crippen LogP contribution in [0, 0.1) is 4.91 Å². The van der Waals surface area contributed by atoms with Crippen molar-refractivity contribution in [1.82, 2.24) is 10.4 Å². The summed E-state index contributed by atoms with van der Waals surface area (Å²) in [6.07, 6.45) is 0. The number of hydrogen-bond donors (Lipinski definition) is 3. The molecule has 0 heterocycles. The Bertz CT molecular complexity index is 868. The first-order valence-electron chi connectivity index (χ1n) is 7.87. The first-order chi connectivity index (χ1) is 12.9. The number of nitrogens with zero attached hydrogens (tertiary/aromatic N) is 2. The van der Waals surface area contributed by atoms with E-state index in [-0.39, 0.29) is 30.8 Å². The van der Waals surface area contributed by atoms with Crippen molar-refractivity contribution in [2.75, 3.05) is 6.54 Å². The first kappa shape index (κ1) is 19.9. The van der Waals surface area contributed by atoms with E-state index in [9.17, 15) is 19.3 Å². The molecule has 0 bridgehead atoms. The van der Waals surface area contributed by atoms with E-state index in [0.29, 0.717) is 11.1 Å². The van der Waals surface area contributed by atoms with E-state index in [1.807, 2.05) is 0 Å². The summed E-state index contributed by atoms with van der Waals surface area (Å²) in [6, 6.07) is 12.5. The van der Waals surface area contributed by atoms with Gasteiger partial charge in [-0.25, -0.2) is 10.3 Å². The number of carbonyl (C=O) groups excluding carboxylic acids is 2. The molecule has 0 unspecified atom stereocenters. The van der Waals surface area contributed by atoms with Crippen molar-refractivity contribution in [3.8, 4) is 0 Å². The monoisotopic (exact) mass is 371 g/mol. The lowest BCUT2D eigenvalue weighted by molar-refractivity contribution is -0.130. The molecule has 2 aromatic rings. The Labute approximate surface area is 154 Å². The molecule has 0 saturated heterocycles. The van der Waals surface area contributed by atoms with Crippen LogP contribution in [-0.2, 0) is 17.9 Å². The van der Waals surface area contributed by atoms with Crippen LogP contribution >= 0.6 is 0 Å². The lowest BCUT2D eigenvalue weighted by atomic mass is 10.1. The zero-order chi connectivity index (χ0) is 19.8. The second-order valence-corrected chi connectivity index (χ2v) is 5.78. The third kappa shape index (κ3) is 5.80. The number of rotatable bonds is 8. The Morgan fingerprint density at radius 1 is 0.963 bits per heavy atom. The van der Waals surface area contributed by atoms with Gasteiger partial charge in [0.15, 0.2) is 0 Å². The Hall–Kier alpha value is -3.43. The van der Waals surface area contributed by atoms with Crippen molar-refractivity contribution < 1.29 is 24.7 Å². The van der Waals surface area contributed by atoms with Crippen LogP contribution in [0.1, 0.15) is 31.8 Å². The zero-order valence-corrected chi connectivity index (χ0v) is 14.2. The van der Waals surface area contributed by atoms with Gasteiger partial charge in [-0.15, -0.1) is 4.91 Å². The van der Waals surface area contributed by atoms with Gasteiger partial charge in [0.1, 0.15) is 0 Å². The normalized spacial score (nSPS) is 10.4. The van der Waals surface area contributed by atoms with Gasteiger partial charge in [-0.1, -0.05) is 24.3 Å². The quantitative estimate of drug-likeness (QED) is 0.365. The molecule has 0 aliphatic rings. The molecule has 0 aromatic heterocycles. The number of hydrogen-bond acceptors (Lipinski definition) is 6. The average Bonchev–Trinajstić information content (AvgIpc) is 2.67. The number of nitrogens with one attached hydrogen (secondary N) is 1. The predicted octanol–water partition coefficient (Wildman–Crippen LogP) is 1.80. The molecular formula is C18H17N3O6. The molecule has 2 aromatic carbocycles. The van der Waals surface area contributed by atoms with Crippen molar-refractivity contribution >= 4 is 17.8 Å². The molecule has 2 amide bonds. The average molecular weight is 371 g/mol. The lowest BCUT2D eigenvalue weighted by Crippen LogP contribution is -2.35. The Balaban J connectivity index is 2.23. The summed E-state index contributed by atoms with van der Waals surface area (Å²) in [4.78, 5) is 46.2. The van der Waals surface area contributed by atoms with Gasteiger partial charge in [0.25, 0.3) is 5.91 Å². The molecule has 140 valence electrons.